The molecule has 146 valence electrons. The number of esters is 1. The van der Waals surface area contributed by atoms with Crippen molar-refractivity contribution in [1.82, 2.24) is 15.0 Å². The quantitative estimate of drug-likeness (QED) is 0.672. The lowest BCUT2D eigenvalue weighted by atomic mass is 10.1. The minimum atomic E-state index is -0.737. The van der Waals surface area contributed by atoms with Crippen LogP contribution in [-0.4, -0.2) is 33.5 Å². The third-order valence-electron chi connectivity index (χ3n) is 4.15. The van der Waals surface area contributed by atoms with Gasteiger partial charge in [0.25, 0.3) is 5.91 Å². The second-order valence-electron chi connectivity index (χ2n) is 6.53. The van der Waals surface area contributed by atoms with E-state index in [2.05, 4.69) is 15.5 Å². The van der Waals surface area contributed by atoms with E-state index in [0.717, 1.165) is 16.8 Å². The van der Waals surface area contributed by atoms with Crippen LogP contribution in [0.2, 0.25) is 0 Å². The molecule has 8 nitrogen and oxygen atoms in total. The number of nitrogens with zero attached hydrogens (tertiary/aromatic N) is 4. The summed E-state index contributed by atoms with van der Waals surface area (Å²) < 4.78 is 5.07. The molecule has 0 aliphatic carbocycles. The lowest BCUT2D eigenvalue weighted by Gasteiger charge is -2.06. The smallest absolute Gasteiger partial charge is 0.361 e. The van der Waals surface area contributed by atoms with Gasteiger partial charge in [0.05, 0.1) is 23.0 Å². The second kappa shape index (κ2) is 8.35. The van der Waals surface area contributed by atoms with Gasteiger partial charge in [0.2, 0.25) is 0 Å². The SMILES string of the molecule is Cc1ccc(-n2nc(C)c(C(=O)OCC(=O)Nc3cccc(C#N)c3)n2)c(C)c1. The van der Waals surface area contributed by atoms with Gasteiger partial charge in [-0.05, 0) is 50.6 Å². The highest BCUT2D eigenvalue weighted by Crippen LogP contribution is 2.16. The molecule has 3 rings (SSSR count). The molecular weight excluding hydrogens is 370 g/mol. The molecular formula is C21H19N5O3. The van der Waals surface area contributed by atoms with Gasteiger partial charge in [0.1, 0.15) is 0 Å². The Morgan fingerprint density at radius 3 is 2.66 bits per heavy atom. The van der Waals surface area contributed by atoms with Crippen molar-refractivity contribution in [3.05, 3.63) is 70.5 Å². The monoisotopic (exact) mass is 389 g/mol. The maximum absolute atomic E-state index is 12.3. The average molecular weight is 389 g/mol. The van der Waals surface area contributed by atoms with Gasteiger partial charge in [-0.3, -0.25) is 4.79 Å². The largest absolute Gasteiger partial charge is 0.451 e. The van der Waals surface area contributed by atoms with E-state index in [0.29, 0.717) is 16.9 Å². The van der Waals surface area contributed by atoms with E-state index in [4.69, 9.17) is 10.00 Å². The first-order valence-corrected chi connectivity index (χ1v) is 8.86. The molecule has 0 saturated carbocycles. The molecule has 29 heavy (non-hydrogen) atoms. The zero-order valence-electron chi connectivity index (χ0n) is 16.3. The second-order valence-corrected chi connectivity index (χ2v) is 6.53. The number of carbonyl (C=O) groups is 2. The Labute approximate surface area is 167 Å². The number of rotatable bonds is 5. The number of hydrogen-bond donors (Lipinski definition) is 1. The van der Waals surface area contributed by atoms with Crippen LogP contribution in [0, 0.1) is 32.1 Å². The minimum Gasteiger partial charge on any atom is -0.451 e. The summed E-state index contributed by atoms with van der Waals surface area (Å²) in [5.74, 6) is -1.26. The highest BCUT2D eigenvalue weighted by atomic mass is 16.5. The van der Waals surface area contributed by atoms with Crippen molar-refractivity contribution in [2.75, 3.05) is 11.9 Å². The van der Waals surface area contributed by atoms with Gasteiger partial charge in [-0.25, -0.2) is 4.79 Å². The summed E-state index contributed by atoms with van der Waals surface area (Å²) in [4.78, 5) is 25.8. The zero-order valence-corrected chi connectivity index (χ0v) is 16.3. The number of aromatic nitrogens is 3. The molecule has 1 amide bonds. The van der Waals surface area contributed by atoms with Crippen LogP contribution >= 0.6 is 0 Å². The van der Waals surface area contributed by atoms with Crippen molar-refractivity contribution in [2.24, 2.45) is 0 Å². The summed E-state index contributed by atoms with van der Waals surface area (Å²) in [6.45, 7) is 5.09. The van der Waals surface area contributed by atoms with Gasteiger partial charge in [-0.2, -0.15) is 15.2 Å². The van der Waals surface area contributed by atoms with Crippen LogP contribution < -0.4 is 5.32 Å². The van der Waals surface area contributed by atoms with Crippen LogP contribution in [0.5, 0.6) is 0 Å². The van der Waals surface area contributed by atoms with Gasteiger partial charge in [-0.15, -0.1) is 5.10 Å². The first-order chi connectivity index (χ1) is 13.9. The number of nitriles is 1. The van der Waals surface area contributed by atoms with Crippen LogP contribution in [0.4, 0.5) is 5.69 Å². The molecule has 0 bridgehead atoms. The predicted octanol–water partition coefficient (Wildman–Crippen LogP) is 2.86. The number of nitrogens with one attached hydrogen (secondary N) is 1. The van der Waals surface area contributed by atoms with Crippen molar-refractivity contribution in [3.8, 4) is 11.8 Å². The van der Waals surface area contributed by atoms with Crippen molar-refractivity contribution in [3.63, 3.8) is 0 Å². The number of amides is 1. The molecule has 0 aliphatic rings. The molecule has 3 aromatic rings. The summed E-state index contributed by atoms with van der Waals surface area (Å²) in [5.41, 5.74) is 4.15. The van der Waals surface area contributed by atoms with E-state index < -0.39 is 18.5 Å². The Hall–Kier alpha value is -3.99. The number of ether oxygens (including phenoxy) is 1. The van der Waals surface area contributed by atoms with Crippen LogP contribution in [0.25, 0.3) is 5.69 Å². The Morgan fingerprint density at radius 1 is 1.14 bits per heavy atom. The van der Waals surface area contributed by atoms with Crippen LogP contribution in [0.3, 0.4) is 0 Å². The highest BCUT2D eigenvalue weighted by Gasteiger charge is 2.19. The Morgan fingerprint density at radius 2 is 1.93 bits per heavy atom. The number of benzene rings is 2. The van der Waals surface area contributed by atoms with E-state index in [9.17, 15) is 9.59 Å². The average Bonchev–Trinajstić information content (AvgIpc) is 3.07. The molecule has 2 aromatic carbocycles. The molecule has 8 heteroatoms. The number of anilines is 1. The lowest BCUT2D eigenvalue weighted by Crippen LogP contribution is -2.21. The molecule has 0 saturated heterocycles. The molecule has 0 atom stereocenters. The first kappa shape index (κ1) is 19.8. The molecule has 0 spiro atoms. The third-order valence-corrected chi connectivity index (χ3v) is 4.15. The number of hydrogen-bond acceptors (Lipinski definition) is 6. The first-order valence-electron chi connectivity index (χ1n) is 8.86. The van der Waals surface area contributed by atoms with Gasteiger partial charge in [0, 0.05) is 5.69 Å². The molecule has 0 aliphatic heterocycles. The molecule has 1 N–H and O–H groups in total. The zero-order chi connectivity index (χ0) is 21.0. The molecule has 0 radical (unpaired) electrons. The van der Waals surface area contributed by atoms with Crippen molar-refractivity contribution >= 4 is 17.6 Å². The van der Waals surface area contributed by atoms with E-state index in [1.807, 2.05) is 38.1 Å². The summed E-state index contributed by atoms with van der Waals surface area (Å²) in [5, 5.41) is 20.0. The molecule has 1 heterocycles. The standard InChI is InChI=1S/C21H19N5O3/c1-13-7-8-18(14(2)9-13)26-24-15(3)20(25-26)21(28)29-12-19(27)23-17-6-4-5-16(10-17)11-22/h4-10H,12H2,1-3H3,(H,23,27). The van der Waals surface area contributed by atoms with Crippen LogP contribution in [0.1, 0.15) is 32.9 Å². The molecule has 0 fully saturated rings. The van der Waals surface area contributed by atoms with E-state index >= 15 is 0 Å². The van der Waals surface area contributed by atoms with E-state index in [1.54, 1.807) is 25.1 Å². The fourth-order valence-corrected chi connectivity index (χ4v) is 2.77. The van der Waals surface area contributed by atoms with Gasteiger partial charge >= 0.3 is 5.97 Å². The van der Waals surface area contributed by atoms with Crippen molar-refractivity contribution < 1.29 is 14.3 Å². The van der Waals surface area contributed by atoms with Gasteiger partial charge in [-0.1, -0.05) is 23.8 Å². The lowest BCUT2D eigenvalue weighted by molar-refractivity contribution is -0.119. The maximum Gasteiger partial charge on any atom is 0.361 e. The predicted molar refractivity (Wildman–Crippen MR) is 106 cm³/mol. The van der Waals surface area contributed by atoms with Gasteiger partial charge < -0.3 is 10.1 Å². The number of aryl methyl sites for hydroxylation is 3. The minimum absolute atomic E-state index is 0.0456. The maximum atomic E-state index is 12.3. The Kier molecular flexibility index (Phi) is 5.69. The molecule has 1 aromatic heterocycles. The number of carbonyl (C=O) groups excluding carboxylic acids is 2. The van der Waals surface area contributed by atoms with Crippen LogP contribution in [-0.2, 0) is 9.53 Å². The van der Waals surface area contributed by atoms with E-state index in [1.165, 1.54) is 10.9 Å². The van der Waals surface area contributed by atoms with Crippen molar-refractivity contribution in [1.29, 1.82) is 5.26 Å². The Balaban J connectivity index is 1.66. The summed E-state index contributed by atoms with van der Waals surface area (Å²) in [6, 6.07) is 14.2. The topological polar surface area (TPSA) is 110 Å². The molecule has 0 unspecified atom stereocenters. The fourth-order valence-electron chi connectivity index (χ4n) is 2.77. The highest BCUT2D eigenvalue weighted by molar-refractivity contribution is 5.95. The van der Waals surface area contributed by atoms with E-state index in [-0.39, 0.29) is 5.69 Å². The third kappa shape index (κ3) is 4.65. The summed E-state index contributed by atoms with van der Waals surface area (Å²) in [7, 11) is 0. The van der Waals surface area contributed by atoms with Gasteiger partial charge in [0.15, 0.2) is 12.3 Å². The fraction of sp³-hybridized carbons (Fsp3) is 0.190. The summed E-state index contributed by atoms with van der Waals surface area (Å²) >= 11 is 0. The van der Waals surface area contributed by atoms with Crippen molar-refractivity contribution in [2.45, 2.75) is 20.8 Å². The van der Waals surface area contributed by atoms with Crippen LogP contribution in [0.15, 0.2) is 42.5 Å². The summed E-state index contributed by atoms with van der Waals surface area (Å²) in [6.07, 6.45) is 0. The Bertz CT molecular complexity index is 1130. The normalized spacial score (nSPS) is 10.3.